The van der Waals surface area contributed by atoms with Gasteiger partial charge in [-0.05, 0) is 42.5 Å². The fraction of sp³-hybridized carbons (Fsp3) is 0.182. The van der Waals surface area contributed by atoms with Crippen molar-refractivity contribution in [2.24, 2.45) is 0 Å². The van der Waals surface area contributed by atoms with Crippen molar-refractivity contribution in [1.29, 1.82) is 0 Å². The van der Waals surface area contributed by atoms with Gasteiger partial charge in [-0.2, -0.15) is 0 Å². The second kappa shape index (κ2) is 7.47. The van der Waals surface area contributed by atoms with Gasteiger partial charge in [-0.15, -0.1) is 11.3 Å². The number of benzene rings is 1. The van der Waals surface area contributed by atoms with Crippen LogP contribution >= 0.6 is 11.3 Å². The van der Waals surface area contributed by atoms with Gasteiger partial charge in [0.25, 0.3) is 5.56 Å². The van der Waals surface area contributed by atoms with E-state index in [9.17, 15) is 4.79 Å². The second-order valence-corrected chi connectivity index (χ2v) is 7.74. The number of aryl methyl sites for hydroxylation is 2. The molecule has 0 amide bonds. The monoisotopic (exact) mass is 375 g/mol. The average molecular weight is 375 g/mol. The highest BCUT2D eigenvalue weighted by Crippen LogP contribution is 2.26. The summed E-state index contributed by atoms with van der Waals surface area (Å²) in [5.74, 6) is 0. The first-order chi connectivity index (χ1) is 13.1. The Hall–Kier alpha value is -2.76. The van der Waals surface area contributed by atoms with E-state index in [0.29, 0.717) is 12.2 Å². The lowest BCUT2D eigenvalue weighted by Gasteiger charge is -2.18. The predicted molar refractivity (Wildman–Crippen MR) is 110 cm³/mol. The Bertz CT molecular complexity index is 1110. The Morgan fingerprint density at radius 3 is 2.59 bits per heavy atom. The van der Waals surface area contributed by atoms with Crippen LogP contribution in [0.4, 0.5) is 0 Å². The van der Waals surface area contributed by atoms with Gasteiger partial charge < -0.3 is 0 Å². The largest absolute Gasteiger partial charge is 0.300 e. The highest BCUT2D eigenvalue weighted by molar-refractivity contribution is 7.10. The molecule has 0 saturated heterocycles. The van der Waals surface area contributed by atoms with Crippen molar-refractivity contribution in [3.8, 4) is 0 Å². The molecule has 0 aliphatic carbocycles. The van der Waals surface area contributed by atoms with Crippen molar-refractivity contribution in [2.75, 3.05) is 0 Å². The van der Waals surface area contributed by atoms with E-state index in [2.05, 4.69) is 59.0 Å². The number of hydrogen-bond acceptors (Lipinski definition) is 4. The van der Waals surface area contributed by atoms with Crippen molar-refractivity contribution < 1.29 is 0 Å². The molecule has 1 N–H and O–H groups in total. The molecular formula is C22H21N3OS. The smallest absolute Gasteiger partial charge is 0.258 e. The lowest BCUT2D eigenvalue weighted by Crippen LogP contribution is -2.24. The number of rotatable bonds is 5. The van der Waals surface area contributed by atoms with Crippen LogP contribution in [0.3, 0.4) is 0 Å². The van der Waals surface area contributed by atoms with Crippen LogP contribution in [0.25, 0.3) is 5.65 Å². The molecule has 3 heterocycles. The van der Waals surface area contributed by atoms with Gasteiger partial charge >= 0.3 is 0 Å². The summed E-state index contributed by atoms with van der Waals surface area (Å²) in [6.45, 7) is 4.58. The van der Waals surface area contributed by atoms with E-state index >= 15 is 0 Å². The van der Waals surface area contributed by atoms with Gasteiger partial charge in [0, 0.05) is 23.7 Å². The van der Waals surface area contributed by atoms with Gasteiger partial charge in [0.15, 0.2) is 0 Å². The minimum absolute atomic E-state index is 0.0523. The van der Waals surface area contributed by atoms with Crippen LogP contribution in [0.2, 0.25) is 0 Å². The first-order valence-corrected chi connectivity index (χ1v) is 9.80. The summed E-state index contributed by atoms with van der Waals surface area (Å²) in [6, 6.07) is 18.3. The number of nitrogens with zero attached hydrogens (tertiary/aromatic N) is 2. The molecule has 0 saturated carbocycles. The summed E-state index contributed by atoms with van der Waals surface area (Å²) in [5.41, 5.74) is 4.85. The fourth-order valence-corrected chi connectivity index (χ4v) is 3.98. The molecule has 0 bridgehead atoms. The second-order valence-electron chi connectivity index (χ2n) is 6.76. The van der Waals surface area contributed by atoms with Crippen LogP contribution in [-0.2, 0) is 6.54 Å². The number of thiophene rings is 1. The maximum atomic E-state index is 12.4. The van der Waals surface area contributed by atoms with Crippen LogP contribution in [-0.4, -0.2) is 9.38 Å². The Labute approximate surface area is 162 Å². The number of nitrogens with one attached hydrogen (secondary N) is 1. The maximum absolute atomic E-state index is 12.4. The van der Waals surface area contributed by atoms with Crippen LogP contribution in [0.1, 0.15) is 33.3 Å². The van der Waals surface area contributed by atoms with Gasteiger partial charge in [0.2, 0.25) is 0 Å². The number of hydrogen-bond donors (Lipinski definition) is 1. The SMILES string of the molecule is Cc1ccc([C@@H](NCc2cc(=O)n3cc(C)ccc3n2)c2cccs2)cc1. The van der Waals surface area contributed by atoms with E-state index in [-0.39, 0.29) is 11.6 Å². The summed E-state index contributed by atoms with van der Waals surface area (Å²) in [4.78, 5) is 18.3. The summed E-state index contributed by atoms with van der Waals surface area (Å²) < 4.78 is 1.59. The van der Waals surface area contributed by atoms with Crippen molar-refractivity contribution in [3.05, 3.63) is 104 Å². The van der Waals surface area contributed by atoms with Crippen LogP contribution in [0.15, 0.2) is 71.0 Å². The van der Waals surface area contributed by atoms with E-state index in [0.717, 1.165) is 11.3 Å². The molecule has 4 nitrogen and oxygen atoms in total. The maximum Gasteiger partial charge on any atom is 0.258 e. The molecule has 3 aromatic heterocycles. The lowest BCUT2D eigenvalue weighted by molar-refractivity contribution is 0.604. The Kier molecular flexibility index (Phi) is 4.88. The molecule has 0 fully saturated rings. The van der Waals surface area contributed by atoms with Gasteiger partial charge in [-0.3, -0.25) is 14.5 Å². The normalized spacial score (nSPS) is 12.4. The molecule has 5 heteroatoms. The minimum Gasteiger partial charge on any atom is -0.300 e. The third-order valence-corrected chi connectivity index (χ3v) is 5.52. The van der Waals surface area contributed by atoms with Gasteiger partial charge in [0.1, 0.15) is 5.65 Å². The van der Waals surface area contributed by atoms with Crippen LogP contribution in [0, 0.1) is 13.8 Å². The summed E-state index contributed by atoms with van der Waals surface area (Å²) in [7, 11) is 0. The Morgan fingerprint density at radius 2 is 1.85 bits per heavy atom. The lowest BCUT2D eigenvalue weighted by atomic mass is 10.0. The molecule has 0 unspecified atom stereocenters. The third kappa shape index (κ3) is 3.84. The highest BCUT2D eigenvalue weighted by Gasteiger charge is 2.15. The van der Waals surface area contributed by atoms with Crippen molar-refractivity contribution >= 4 is 17.0 Å². The number of fused-ring (bicyclic) bond motifs is 1. The Morgan fingerprint density at radius 1 is 1.07 bits per heavy atom. The highest BCUT2D eigenvalue weighted by atomic mass is 32.1. The fourth-order valence-electron chi connectivity index (χ4n) is 3.15. The summed E-state index contributed by atoms with van der Waals surface area (Å²) in [6.07, 6.45) is 1.82. The Balaban J connectivity index is 1.63. The van der Waals surface area contributed by atoms with E-state index in [1.54, 1.807) is 21.8 Å². The molecule has 0 aliphatic heterocycles. The van der Waals surface area contributed by atoms with E-state index < -0.39 is 0 Å². The molecule has 0 aliphatic rings. The van der Waals surface area contributed by atoms with Crippen molar-refractivity contribution in [2.45, 2.75) is 26.4 Å². The van der Waals surface area contributed by atoms with Crippen molar-refractivity contribution in [1.82, 2.24) is 14.7 Å². The quantitative estimate of drug-likeness (QED) is 0.567. The van der Waals surface area contributed by atoms with Crippen LogP contribution < -0.4 is 10.9 Å². The molecule has 4 rings (SSSR count). The predicted octanol–water partition coefficient (Wildman–Crippen LogP) is 4.25. The molecular weight excluding hydrogens is 354 g/mol. The molecule has 27 heavy (non-hydrogen) atoms. The molecule has 1 atom stereocenters. The summed E-state index contributed by atoms with van der Waals surface area (Å²) >= 11 is 1.72. The summed E-state index contributed by atoms with van der Waals surface area (Å²) in [5, 5.41) is 5.66. The first kappa shape index (κ1) is 17.6. The zero-order valence-corrected chi connectivity index (χ0v) is 16.2. The average Bonchev–Trinajstić information content (AvgIpc) is 3.18. The van der Waals surface area contributed by atoms with E-state index in [1.165, 1.54) is 16.0 Å². The molecule has 4 aromatic rings. The zero-order valence-electron chi connectivity index (χ0n) is 15.3. The van der Waals surface area contributed by atoms with Gasteiger partial charge in [0.05, 0.1) is 11.7 Å². The van der Waals surface area contributed by atoms with Gasteiger partial charge in [-0.25, -0.2) is 4.98 Å². The first-order valence-electron chi connectivity index (χ1n) is 8.92. The molecule has 1 aromatic carbocycles. The van der Waals surface area contributed by atoms with Crippen LogP contribution in [0.5, 0.6) is 0 Å². The van der Waals surface area contributed by atoms with E-state index in [1.807, 2.05) is 25.3 Å². The number of aromatic nitrogens is 2. The third-order valence-electron chi connectivity index (χ3n) is 4.59. The van der Waals surface area contributed by atoms with Gasteiger partial charge in [-0.1, -0.05) is 42.0 Å². The molecule has 0 spiro atoms. The molecule has 136 valence electrons. The van der Waals surface area contributed by atoms with E-state index in [4.69, 9.17) is 0 Å². The topological polar surface area (TPSA) is 46.4 Å². The molecule has 0 radical (unpaired) electrons. The number of pyridine rings is 1. The zero-order chi connectivity index (χ0) is 18.8. The standard InChI is InChI=1S/C22H21N3OS/c1-15-5-8-17(9-6-15)22(19-4-3-11-27-19)23-13-18-12-21(26)25-14-16(2)7-10-20(25)24-18/h3-12,14,22-23H,13H2,1-2H3/t22-/m1/s1. The van der Waals surface area contributed by atoms with Crippen molar-refractivity contribution in [3.63, 3.8) is 0 Å². The minimum atomic E-state index is -0.0523.